The second kappa shape index (κ2) is 7.54. The van der Waals surface area contributed by atoms with Crippen molar-refractivity contribution >= 4 is 17.5 Å². The number of nitrogens with zero attached hydrogens (tertiary/aromatic N) is 2. The van der Waals surface area contributed by atoms with Crippen LogP contribution in [-0.4, -0.2) is 30.2 Å². The molecule has 0 amide bonds. The first-order chi connectivity index (χ1) is 15.3. The molecule has 0 saturated heterocycles. The Labute approximate surface area is 185 Å². The first-order valence-corrected chi connectivity index (χ1v) is 11.7. The molecule has 2 atom stereocenters. The van der Waals surface area contributed by atoms with Gasteiger partial charge >= 0.3 is 0 Å². The molecule has 0 bridgehead atoms. The molecule has 0 unspecified atom stereocenters. The van der Waals surface area contributed by atoms with Gasteiger partial charge in [0.05, 0.1) is 11.8 Å². The van der Waals surface area contributed by atoms with Crippen molar-refractivity contribution in [2.45, 2.75) is 23.6 Å². The average molecular weight is 431 g/mol. The number of hydrogen-bond donors (Lipinski definition) is 0. The number of thioether (sulfide) groups is 1. The Morgan fingerprint density at radius 2 is 1.71 bits per heavy atom. The summed E-state index contributed by atoms with van der Waals surface area (Å²) in [5.41, 5.74) is 4.38. The minimum atomic E-state index is -0.259. The van der Waals surface area contributed by atoms with Gasteiger partial charge in [-0.05, 0) is 42.7 Å². The van der Waals surface area contributed by atoms with Gasteiger partial charge in [-0.15, -0.1) is 11.8 Å². The highest BCUT2D eigenvalue weighted by atomic mass is 32.2. The van der Waals surface area contributed by atoms with Crippen LogP contribution < -0.4 is 14.2 Å². The highest BCUT2D eigenvalue weighted by molar-refractivity contribution is 7.98. The Kier molecular flexibility index (Phi) is 4.53. The van der Waals surface area contributed by atoms with E-state index in [2.05, 4.69) is 59.8 Å². The fourth-order valence-corrected chi connectivity index (χ4v) is 4.83. The van der Waals surface area contributed by atoms with Crippen LogP contribution in [0.15, 0.2) is 76.7 Å². The van der Waals surface area contributed by atoms with Gasteiger partial charge in [0.1, 0.15) is 19.0 Å². The number of ether oxygens (including phenoxy) is 3. The van der Waals surface area contributed by atoms with E-state index >= 15 is 0 Å². The first-order valence-electron chi connectivity index (χ1n) is 10.5. The maximum absolute atomic E-state index is 6.45. The number of para-hydroxylation sites is 1. The molecule has 0 fully saturated rings. The zero-order chi connectivity index (χ0) is 20.8. The first kappa shape index (κ1) is 18.6. The van der Waals surface area contributed by atoms with Gasteiger partial charge < -0.3 is 14.2 Å². The highest BCUT2D eigenvalue weighted by Crippen LogP contribution is 2.47. The lowest BCUT2D eigenvalue weighted by Gasteiger charge is -2.38. The Morgan fingerprint density at radius 3 is 2.55 bits per heavy atom. The minimum absolute atomic E-state index is 0.137. The van der Waals surface area contributed by atoms with E-state index in [4.69, 9.17) is 19.3 Å². The summed E-state index contributed by atoms with van der Waals surface area (Å²) in [5, 5.41) is 7.17. The standard InChI is InChI=1S/C25H22N2O3S/c1-31-18-9-6-16(7-10-18)25-27-21(19-4-2-3-5-22(19)30-25)15-20(26-27)17-8-11-23-24(14-17)29-13-12-28-23/h2-11,14,21,25H,12-13,15H2,1H3/t21-,25+/m1/s1. The molecule has 0 aromatic heterocycles. The van der Waals surface area contributed by atoms with Crippen LogP contribution in [0.3, 0.4) is 0 Å². The Balaban J connectivity index is 1.40. The number of hydrazone groups is 1. The Morgan fingerprint density at radius 1 is 0.903 bits per heavy atom. The summed E-state index contributed by atoms with van der Waals surface area (Å²) >= 11 is 1.74. The maximum Gasteiger partial charge on any atom is 0.213 e. The zero-order valence-electron chi connectivity index (χ0n) is 17.2. The second-order valence-electron chi connectivity index (χ2n) is 7.79. The molecule has 3 aliphatic rings. The van der Waals surface area contributed by atoms with Crippen LogP contribution in [0.1, 0.15) is 35.4 Å². The summed E-state index contributed by atoms with van der Waals surface area (Å²) in [6.45, 7) is 1.17. The molecular weight excluding hydrogens is 408 g/mol. The molecule has 156 valence electrons. The molecule has 5 nitrogen and oxygen atoms in total. The third-order valence-corrected chi connectivity index (χ3v) is 6.72. The van der Waals surface area contributed by atoms with E-state index in [1.54, 1.807) is 11.8 Å². The van der Waals surface area contributed by atoms with Gasteiger partial charge in [0.25, 0.3) is 0 Å². The summed E-state index contributed by atoms with van der Waals surface area (Å²) in [6, 6.07) is 23.1. The topological polar surface area (TPSA) is 43.3 Å². The van der Waals surface area contributed by atoms with Crippen LogP contribution in [0.25, 0.3) is 0 Å². The van der Waals surface area contributed by atoms with E-state index in [0.29, 0.717) is 13.2 Å². The fourth-order valence-electron chi connectivity index (χ4n) is 4.42. The lowest BCUT2D eigenvalue weighted by atomic mass is 9.96. The molecule has 0 radical (unpaired) electrons. The summed E-state index contributed by atoms with van der Waals surface area (Å²) in [5.74, 6) is 2.52. The second-order valence-corrected chi connectivity index (χ2v) is 8.67. The van der Waals surface area contributed by atoms with Gasteiger partial charge in [0, 0.05) is 28.0 Å². The van der Waals surface area contributed by atoms with Crippen molar-refractivity contribution < 1.29 is 14.2 Å². The molecule has 3 aromatic carbocycles. The smallest absolute Gasteiger partial charge is 0.213 e. The fraction of sp³-hybridized carbons (Fsp3) is 0.240. The third kappa shape index (κ3) is 3.22. The summed E-state index contributed by atoms with van der Waals surface area (Å²) in [7, 11) is 0. The van der Waals surface area contributed by atoms with Crippen LogP contribution in [0.4, 0.5) is 0 Å². The molecule has 3 heterocycles. The Bertz CT molecular complexity index is 1160. The third-order valence-electron chi connectivity index (χ3n) is 5.98. The molecule has 0 saturated carbocycles. The van der Waals surface area contributed by atoms with Crippen molar-refractivity contribution in [2.75, 3.05) is 19.5 Å². The van der Waals surface area contributed by atoms with Crippen molar-refractivity contribution in [1.82, 2.24) is 5.01 Å². The van der Waals surface area contributed by atoms with Crippen molar-refractivity contribution in [3.8, 4) is 17.2 Å². The summed E-state index contributed by atoms with van der Waals surface area (Å²) in [6.07, 6.45) is 2.65. The predicted molar refractivity (Wildman–Crippen MR) is 121 cm³/mol. The minimum Gasteiger partial charge on any atom is -0.486 e. The number of benzene rings is 3. The Hall–Kier alpha value is -3.12. The van der Waals surface area contributed by atoms with Gasteiger partial charge in [-0.2, -0.15) is 5.10 Å². The monoisotopic (exact) mass is 430 g/mol. The largest absolute Gasteiger partial charge is 0.486 e. The molecule has 31 heavy (non-hydrogen) atoms. The lowest BCUT2D eigenvalue weighted by molar-refractivity contribution is -0.0190. The van der Waals surface area contributed by atoms with Gasteiger partial charge in [-0.25, -0.2) is 5.01 Å². The van der Waals surface area contributed by atoms with E-state index < -0.39 is 0 Å². The van der Waals surface area contributed by atoms with E-state index in [1.807, 2.05) is 18.2 Å². The lowest BCUT2D eigenvalue weighted by Crippen LogP contribution is -2.33. The highest BCUT2D eigenvalue weighted by Gasteiger charge is 2.41. The van der Waals surface area contributed by atoms with Crippen molar-refractivity contribution in [1.29, 1.82) is 0 Å². The number of fused-ring (bicyclic) bond motifs is 4. The summed E-state index contributed by atoms with van der Waals surface area (Å²) in [4.78, 5) is 1.23. The molecule has 3 aromatic rings. The van der Waals surface area contributed by atoms with Crippen LogP contribution >= 0.6 is 11.8 Å². The van der Waals surface area contributed by atoms with Gasteiger partial charge in [-0.3, -0.25) is 0 Å². The molecular formula is C25H22N2O3S. The number of rotatable bonds is 3. The van der Waals surface area contributed by atoms with Crippen molar-refractivity contribution in [3.63, 3.8) is 0 Å². The van der Waals surface area contributed by atoms with Crippen molar-refractivity contribution in [2.24, 2.45) is 5.10 Å². The molecule has 6 rings (SSSR count). The van der Waals surface area contributed by atoms with Crippen LogP contribution in [-0.2, 0) is 0 Å². The maximum atomic E-state index is 6.45. The van der Waals surface area contributed by atoms with E-state index in [9.17, 15) is 0 Å². The van der Waals surface area contributed by atoms with Crippen molar-refractivity contribution in [3.05, 3.63) is 83.4 Å². The van der Waals surface area contributed by atoms with Gasteiger partial charge in [0.15, 0.2) is 11.5 Å². The zero-order valence-corrected chi connectivity index (χ0v) is 18.0. The quantitative estimate of drug-likeness (QED) is 0.519. The van der Waals surface area contributed by atoms with Crippen LogP contribution in [0, 0.1) is 0 Å². The van der Waals surface area contributed by atoms with Gasteiger partial charge in [-0.1, -0.05) is 30.3 Å². The molecule has 0 aliphatic carbocycles. The predicted octanol–water partition coefficient (Wildman–Crippen LogP) is 5.42. The summed E-state index contributed by atoms with van der Waals surface area (Å²) < 4.78 is 17.9. The molecule has 6 heteroatoms. The molecule has 0 spiro atoms. The normalized spacial score (nSPS) is 21.1. The van der Waals surface area contributed by atoms with E-state index in [1.165, 1.54) is 10.5 Å². The van der Waals surface area contributed by atoms with E-state index in [-0.39, 0.29) is 12.3 Å². The van der Waals surface area contributed by atoms with E-state index in [0.717, 1.165) is 40.5 Å². The van der Waals surface area contributed by atoms with Crippen LogP contribution in [0.2, 0.25) is 0 Å². The average Bonchev–Trinajstić information content (AvgIpc) is 3.29. The molecule has 0 N–H and O–H groups in total. The SMILES string of the molecule is CSc1ccc([C@@H]2Oc3ccccc3[C@H]3CC(c4ccc5c(c4)OCCO5)=NN32)cc1. The van der Waals surface area contributed by atoms with Crippen LogP contribution in [0.5, 0.6) is 17.2 Å². The molecule has 3 aliphatic heterocycles. The van der Waals surface area contributed by atoms with Gasteiger partial charge in [0.2, 0.25) is 6.23 Å². The number of hydrogen-bond acceptors (Lipinski definition) is 6.